The smallest absolute Gasteiger partial charge is 0.236 e. The van der Waals surface area contributed by atoms with Crippen LogP contribution in [0.3, 0.4) is 0 Å². The predicted octanol–water partition coefficient (Wildman–Crippen LogP) is 6.94. The highest BCUT2D eigenvalue weighted by Gasteiger charge is 2.38. The van der Waals surface area contributed by atoms with Crippen molar-refractivity contribution in [3.05, 3.63) is 35.9 Å². The maximum absolute atomic E-state index is 13.5. The van der Waals surface area contributed by atoms with Crippen LogP contribution in [0.15, 0.2) is 30.4 Å². The zero-order chi connectivity index (χ0) is 25.3. The normalized spacial score (nSPS) is 21.5. The quantitative estimate of drug-likeness (QED) is 0.101. The highest BCUT2D eigenvalue weighted by Crippen LogP contribution is 2.41. The molecule has 35 heavy (non-hydrogen) atoms. The minimum absolute atomic E-state index is 0.0737. The van der Waals surface area contributed by atoms with E-state index in [4.69, 9.17) is 9.47 Å². The number of alkyl halides is 1. The molecular weight excluding hydrogens is 551 g/mol. The second-order valence-corrected chi connectivity index (χ2v) is 12.9. The number of halogens is 1. The van der Waals surface area contributed by atoms with Gasteiger partial charge in [-0.1, -0.05) is 80.3 Å². The number of benzene rings is 1. The third-order valence-electron chi connectivity index (χ3n) is 7.30. The maximum Gasteiger partial charge on any atom is 0.236 e. The van der Waals surface area contributed by atoms with E-state index in [1.807, 2.05) is 6.07 Å². The van der Waals surface area contributed by atoms with Crippen LogP contribution in [0, 0.1) is 0 Å². The first-order valence-corrected chi connectivity index (χ1v) is 14.7. The van der Waals surface area contributed by atoms with Gasteiger partial charge in [0.15, 0.2) is 11.5 Å². The number of nitrogens with zero attached hydrogens (tertiary/aromatic N) is 2. The lowest BCUT2D eigenvalue weighted by atomic mass is 9.92. The van der Waals surface area contributed by atoms with E-state index < -0.39 is 0 Å². The van der Waals surface area contributed by atoms with Crippen LogP contribution in [0.4, 0.5) is 0 Å². The number of amides is 1. The fraction of sp³-hybridized carbons (Fsp3) is 0.690. The van der Waals surface area contributed by atoms with Gasteiger partial charge < -0.3 is 14.4 Å². The van der Waals surface area contributed by atoms with Gasteiger partial charge >= 0.3 is 0 Å². The molecule has 0 N–H and O–H groups in total. The van der Waals surface area contributed by atoms with Gasteiger partial charge in [0.05, 0.1) is 6.54 Å². The Morgan fingerprint density at radius 2 is 1.89 bits per heavy atom. The van der Waals surface area contributed by atoms with Gasteiger partial charge in [-0.05, 0) is 63.1 Å². The van der Waals surface area contributed by atoms with E-state index in [-0.39, 0.29) is 3.42 Å². The molecule has 0 unspecified atom stereocenters. The Morgan fingerprint density at radius 3 is 2.63 bits per heavy atom. The predicted molar refractivity (Wildman–Crippen MR) is 153 cm³/mol. The molecule has 0 aromatic heterocycles. The van der Waals surface area contributed by atoms with Crippen LogP contribution in [-0.4, -0.2) is 58.1 Å². The minimum Gasteiger partial charge on any atom is -0.454 e. The number of hydrogen-bond acceptors (Lipinski definition) is 4. The van der Waals surface area contributed by atoms with Crippen LogP contribution in [-0.2, 0) is 4.79 Å². The SMILES string of the molecule is C/C=C/[C@](C)(I)C[C@H]1C[C@@H](c2ccc3c(c2)OCO3)CN1CC(=O)N(CCCC)CCCCCC. The minimum atomic E-state index is 0.0737. The van der Waals surface area contributed by atoms with Crippen molar-refractivity contribution in [2.45, 2.75) is 94.4 Å². The zero-order valence-electron chi connectivity index (χ0n) is 22.2. The first-order chi connectivity index (χ1) is 16.9. The van der Waals surface area contributed by atoms with E-state index in [1.54, 1.807) is 0 Å². The van der Waals surface area contributed by atoms with Gasteiger partial charge in [0.2, 0.25) is 12.7 Å². The Kier molecular flexibility index (Phi) is 11.2. The van der Waals surface area contributed by atoms with E-state index in [2.05, 4.69) is 84.4 Å². The van der Waals surface area contributed by atoms with Crippen molar-refractivity contribution in [1.82, 2.24) is 9.80 Å². The molecule has 2 aliphatic heterocycles. The molecule has 3 rings (SSSR count). The highest BCUT2D eigenvalue weighted by molar-refractivity contribution is 14.1. The van der Waals surface area contributed by atoms with Crippen molar-refractivity contribution in [2.24, 2.45) is 0 Å². The Labute approximate surface area is 226 Å². The number of carbonyl (C=O) groups is 1. The summed E-state index contributed by atoms with van der Waals surface area (Å²) in [5.41, 5.74) is 1.29. The summed E-state index contributed by atoms with van der Waals surface area (Å²) >= 11 is 2.57. The Balaban J connectivity index is 1.72. The van der Waals surface area contributed by atoms with E-state index in [9.17, 15) is 4.79 Å². The van der Waals surface area contributed by atoms with Crippen molar-refractivity contribution in [1.29, 1.82) is 0 Å². The van der Waals surface area contributed by atoms with Gasteiger partial charge in [0.1, 0.15) is 0 Å². The maximum atomic E-state index is 13.5. The summed E-state index contributed by atoms with van der Waals surface area (Å²) in [6, 6.07) is 6.73. The van der Waals surface area contributed by atoms with E-state index in [0.29, 0.717) is 31.2 Å². The molecule has 0 saturated carbocycles. The number of likely N-dealkylation sites (tertiary alicyclic amines) is 1. The second kappa shape index (κ2) is 13.9. The summed E-state index contributed by atoms with van der Waals surface area (Å²) in [4.78, 5) is 18.1. The summed E-state index contributed by atoms with van der Waals surface area (Å²) in [6.07, 6.45) is 13.5. The van der Waals surface area contributed by atoms with Crippen LogP contribution in [0.25, 0.3) is 0 Å². The fourth-order valence-corrected chi connectivity index (χ4v) is 6.26. The molecule has 3 atom stereocenters. The number of hydrogen-bond donors (Lipinski definition) is 0. The first kappa shape index (κ1) is 28.3. The molecule has 1 aromatic rings. The van der Waals surface area contributed by atoms with Crippen LogP contribution in [0.5, 0.6) is 11.5 Å². The van der Waals surface area contributed by atoms with Gasteiger partial charge in [0.25, 0.3) is 0 Å². The van der Waals surface area contributed by atoms with Gasteiger partial charge in [-0.15, -0.1) is 0 Å². The zero-order valence-corrected chi connectivity index (χ0v) is 24.4. The molecule has 196 valence electrons. The Bertz CT molecular complexity index is 841. The van der Waals surface area contributed by atoms with Crippen molar-refractivity contribution < 1.29 is 14.3 Å². The molecule has 2 aliphatic rings. The average molecular weight is 597 g/mol. The van der Waals surface area contributed by atoms with E-state index >= 15 is 0 Å². The van der Waals surface area contributed by atoms with Crippen LogP contribution < -0.4 is 9.47 Å². The van der Waals surface area contributed by atoms with Crippen molar-refractivity contribution in [2.75, 3.05) is 33.0 Å². The van der Waals surface area contributed by atoms with Crippen molar-refractivity contribution >= 4 is 28.5 Å². The number of allylic oxidation sites excluding steroid dienone is 2. The molecule has 5 nitrogen and oxygen atoms in total. The fourth-order valence-electron chi connectivity index (χ4n) is 5.39. The van der Waals surface area contributed by atoms with Crippen LogP contribution >= 0.6 is 22.6 Å². The number of carbonyl (C=O) groups excluding carboxylic acids is 1. The van der Waals surface area contributed by atoms with E-state index in [1.165, 1.54) is 24.8 Å². The summed E-state index contributed by atoms with van der Waals surface area (Å²) < 4.78 is 11.2. The summed E-state index contributed by atoms with van der Waals surface area (Å²) in [7, 11) is 0. The van der Waals surface area contributed by atoms with E-state index in [0.717, 1.165) is 63.2 Å². The molecule has 1 saturated heterocycles. The van der Waals surface area contributed by atoms with Crippen LogP contribution in [0.2, 0.25) is 0 Å². The third kappa shape index (κ3) is 8.38. The molecule has 6 heteroatoms. The largest absolute Gasteiger partial charge is 0.454 e. The third-order valence-corrected chi connectivity index (χ3v) is 8.10. The summed E-state index contributed by atoms with van der Waals surface area (Å²) in [6.45, 7) is 12.3. The molecule has 0 bridgehead atoms. The summed E-state index contributed by atoms with van der Waals surface area (Å²) in [5, 5.41) is 0. The molecule has 0 radical (unpaired) electrons. The van der Waals surface area contributed by atoms with Gasteiger partial charge in [-0.2, -0.15) is 0 Å². The van der Waals surface area contributed by atoms with Gasteiger partial charge in [-0.3, -0.25) is 9.69 Å². The molecular formula is C29H45IN2O3. The second-order valence-electron chi connectivity index (χ2n) is 10.4. The standard InChI is InChI=1S/C29H45IN2O3/c1-5-8-10-11-16-31(15-9-6-2)28(33)21-32-20-24(17-25(32)19-29(4,30)14-7-3)23-12-13-26-27(18-23)35-22-34-26/h7,12-14,18,24-25H,5-6,8-11,15-17,19-22H2,1-4H3/b14-7+/t24-,25-,29+/m1/s1. The number of ether oxygens (including phenoxy) is 2. The monoisotopic (exact) mass is 596 g/mol. The lowest BCUT2D eigenvalue weighted by Gasteiger charge is -2.31. The number of unbranched alkanes of at least 4 members (excludes halogenated alkanes) is 4. The van der Waals surface area contributed by atoms with Gasteiger partial charge in [-0.25, -0.2) is 0 Å². The Hall–Kier alpha value is -1.28. The topological polar surface area (TPSA) is 42.0 Å². The molecule has 2 heterocycles. The summed E-state index contributed by atoms with van der Waals surface area (Å²) in [5.74, 6) is 2.37. The lowest BCUT2D eigenvalue weighted by Crippen LogP contribution is -2.44. The molecule has 1 amide bonds. The lowest BCUT2D eigenvalue weighted by molar-refractivity contribution is -0.132. The highest BCUT2D eigenvalue weighted by atomic mass is 127. The molecule has 0 spiro atoms. The average Bonchev–Trinajstić information content (AvgIpc) is 3.44. The van der Waals surface area contributed by atoms with Crippen molar-refractivity contribution in [3.63, 3.8) is 0 Å². The molecule has 1 aromatic carbocycles. The molecule has 1 fully saturated rings. The van der Waals surface area contributed by atoms with Crippen LogP contribution in [0.1, 0.15) is 90.5 Å². The van der Waals surface area contributed by atoms with Gasteiger partial charge in [0, 0.05) is 29.1 Å². The molecule has 0 aliphatic carbocycles. The number of fused-ring (bicyclic) bond motifs is 1. The number of rotatable bonds is 14. The first-order valence-electron chi connectivity index (χ1n) is 13.6. The van der Waals surface area contributed by atoms with Crippen molar-refractivity contribution in [3.8, 4) is 11.5 Å². The Morgan fingerprint density at radius 1 is 1.14 bits per heavy atom.